The van der Waals surface area contributed by atoms with Crippen molar-refractivity contribution in [2.75, 3.05) is 6.54 Å². The van der Waals surface area contributed by atoms with Gasteiger partial charge in [0.1, 0.15) is 5.84 Å². The van der Waals surface area contributed by atoms with Gasteiger partial charge in [0, 0.05) is 5.71 Å². The van der Waals surface area contributed by atoms with Crippen LogP contribution in [0.5, 0.6) is 0 Å². The summed E-state index contributed by atoms with van der Waals surface area (Å²) < 4.78 is 0. The molecule has 3 N–H and O–H groups in total. The Morgan fingerprint density at radius 1 is 1.41 bits per heavy atom. The van der Waals surface area contributed by atoms with Crippen LogP contribution in [0.2, 0.25) is 0 Å². The first-order valence-electron chi connectivity index (χ1n) is 5.92. The van der Waals surface area contributed by atoms with E-state index in [0.29, 0.717) is 5.92 Å². The monoisotopic (exact) mass is 231 g/mol. The SMILES string of the molecule is CC(=NCC(=N)N)c1cccc(CC(C)C)c1. The Balaban J connectivity index is 2.83. The molecule has 17 heavy (non-hydrogen) atoms. The number of aliphatic imine (C=N–C) groups is 1. The first-order chi connectivity index (χ1) is 7.99. The average Bonchev–Trinajstić information content (AvgIpc) is 2.25. The second-order valence-electron chi connectivity index (χ2n) is 4.73. The molecular formula is C14H21N3. The molecule has 1 aromatic carbocycles. The van der Waals surface area contributed by atoms with Crippen molar-refractivity contribution in [3.63, 3.8) is 0 Å². The Kier molecular flexibility index (Phi) is 4.88. The molecule has 1 aromatic rings. The van der Waals surface area contributed by atoms with Crippen LogP contribution in [0.3, 0.4) is 0 Å². The Hall–Kier alpha value is -1.64. The summed E-state index contributed by atoms with van der Waals surface area (Å²) in [4.78, 5) is 4.28. The lowest BCUT2D eigenvalue weighted by atomic mass is 10.00. The zero-order valence-electron chi connectivity index (χ0n) is 10.8. The molecule has 0 fully saturated rings. The molecule has 0 unspecified atom stereocenters. The fourth-order valence-electron chi connectivity index (χ4n) is 1.69. The lowest BCUT2D eigenvalue weighted by molar-refractivity contribution is 0.647. The van der Waals surface area contributed by atoms with E-state index in [1.807, 2.05) is 13.0 Å². The van der Waals surface area contributed by atoms with Gasteiger partial charge in [-0.1, -0.05) is 32.0 Å². The molecule has 0 saturated heterocycles. The molecular weight excluding hydrogens is 210 g/mol. The van der Waals surface area contributed by atoms with Crippen molar-refractivity contribution in [1.29, 1.82) is 5.41 Å². The van der Waals surface area contributed by atoms with Crippen LogP contribution >= 0.6 is 0 Å². The van der Waals surface area contributed by atoms with Gasteiger partial charge in [-0.05, 0) is 36.5 Å². The third-order valence-electron chi connectivity index (χ3n) is 2.48. The average molecular weight is 231 g/mol. The number of amidine groups is 1. The number of nitrogens with one attached hydrogen (secondary N) is 1. The largest absolute Gasteiger partial charge is 0.386 e. The van der Waals surface area contributed by atoms with Crippen molar-refractivity contribution in [2.24, 2.45) is 16.6 Å². The van der Waals surface area contributed by atoms with Gasteiger partial charge in [-0.2, -0.15) is 0 Å². The summed E-state index contributed by atoms with van der Waals surface area (Å²) in [6.07, 6.45) is 1.08. The molecule has 92 valence electrons. The van der Waals surface area contributed by atoms with Gasteiger partial charge in [0.2, 0.25) is 0 Å². The number of hydrogen-bond acceptors (Lipinski definition) is 2. The molecule has 0 aromatic heterocycles. The summed E-state index contributed by atoms with van der Waals surface area (Å²) in [5.74, 6) is 0.752. The molecule has 0 aliphatic rings. The maximum absolute atomic E-state index is 7.16. The minimum Gasteiger partial charge on any atom is -0.386 e. The van der Waals surface area contributed by atoms with Crippen molar-refractivity contribution in [3.8, 4) is 0 Å². The van der Waals surface area contributed by atoms with Gasteiger partial charge < -0.3 is 5.73 Å². The third-order valence-corrected chi connectivity index (χ3v) is 2.48. The minimum absolute atomic E-state index is 0.0997. The van der Waals surface area contributed by atoms with Crippen molar-refractivity contribution in [2.45, 2.75) is 27.2 Å². The lowest BCUT2D eigenvalue weighted by Gasteiger charge is -2.07. The number of rotatable bonds is 5. The summed E-state index contributed by atoms with van der Waals surface area (Å²) in [6, 6.07) is 8.41. The van der Waals surface area contributed by atoms with Crippen LogP contribution in [0.15, 0.2) is 29.3 Å². The highest BCUT2D eigenvalue weighted by molar-refractivity contribution is 6.00. The van der Waals surface area contributed by atoms with E-state index in [1.54, 1.807) is 0 Å². The Morgan fingerprint density at radius 2 is 2.12 bits per heavy atom. The summed E-state index contributed by atoms with van der Waals surface area (Å²) >= 11 is 0. The molecule has 0 heterocycles. The molecule has 1 rings (SSSR count). The molecule has 0 aliphatic heterocycles. The van der Waals surface area contributed by atoms with Gasteiger partial charge in [-0.25, -0.2) is 0 Å². The van der Waals surface area contributed by atoms with Crippen LogP contribution < -0.4 is 5.73 Å². The fraction of sp³-hybridized carbons (Fsp3) is 0.429. The van der Waals surface area contributed by atoms with Gasteiger partial charge in [-0.3, -0.25) is 10.4 Å². The van der Waals surface area contributed by atoms with E-state index in [9.17, 15) is 0 Å². The number of benzene rings is 1. The van der Waals surface area contributed by atoms with Crippen molar-refractivity contribution >= 4 is 11.5 Å². The standard InChI is InChI=1S/C14H21N3/c1-10(2)7-12-5-4-6-13(8-12)11(3)17-9-14(15)16/h4-6,8,10H,7,9H2,1-3H3,(H3,15,16). The zero-order valence-corrected chi connectivity index (χ0v) is 10.8. The zero-order chi connectivity index (χ0) is 12.8. The molecule has 0 spiro atoms. The molecule has 0 saturated carbocycles. The van der Waals surface area contributed by atoms with Gasteiger partial charge >= 0.3 is 0 Å². The highest BCUT2D eigenvalue weighted by atomic mass is 14.8. The second kappa shape index (κ2) is 6.18. The Morgan fingerprint density at radius 3 is 2.71 bits per heavy atom. The lowest BCUT2D eigenvalue weighted by Crippen LogP contribution is -2.14. The highest BCUT2D eigenvalue weighted by Crippen LogP contribution is 2.11. The molecule has 3 nitrogen and oxygen atoms in total. The van der Waals surface area contributed by atoms with Crippen LogP contribution in [0, 0.1) is 11.3 Å². The summed E-state index contributed by atoms with van der Waals surface area (Å²) in [6.45, 7) is 6.66. The molecule has 0 bridgehead atoms. The smallest absolute Gasteiger partial charge is 0.113 e. The van der Waals surface area contributed by atoms with Crippen LogP contribution in [0.1, 0.15) is 31.9 Å². The topological polar surface area (TPSA) is 62.2 Å². The van der Waals surface area contributed by atoms with Gasteiger partial charge in [0.15, 0.2) is 0 Å². The van der Waals surface area contributed by atoms with Crippen LogP contribution in [-0.4, -0.2) is 18.1 Å². The maximum atomic E-state index is 7.16. The Bertz CT molecular complexity index is 419. The number of hydrogen-bond donors (Lipinski definition) is 2. The minimum atomic E-state index is 0.0997. The number of nitrogens with two attached hydrogens (primary N) is 1. The second-order valence-corrected chi connectivity index (χ2v) is 4.73. The summed E-state index contributed by atoms with van der Waals surface area (Å²) in [7, 11) is 0. The Labute approximate surface area is 103 Å². The predicted molar refractivity (Wildman–Crippen MR) is 74.0 cm³/mol. The van der Waals surface area contributed by atoms with E-state index < -0.39 is 0 Å². The van der Waals surface area contributed by atoms with Crippen molar-refractivity contribution in [3.05, 3.63) is 35.4 Å². The third kappa shape index (κ3) is 4.81. The number of nitrogens with zero attached hydrogens (tertiary/aromatic N) is 1. The van der Waals surface area contributed by atoms with Crippen LogP contribution in [0.4, 0.5) is 0 Å². The van der Waals surface area contributed by atoms with E-state index in [-0.39, 0.29) is 12.4 Å². The fourth-order valence-corrected chi connectivity index (χ4v) is 1.69. The summed E-state index contributed by atoms with van der Waals surface area (Å²) in [5.41, 5.74) is 8.67. The molecule has 0 aliphatic carbocycles. The molecule has 0 atom stereocenters. The van der Waals surface area contributed by atoms with Gasteiger partial charge in [0.05, 0.1) is 6.54 Å². The first kappa shape index (κ1) is 13.4. The van der Waals surface area contributed by atoms with Gasteiger partial charge in [-0.15, -0.1) is 0 Å². The quantitative estimate of drug-likeness (QED) is 0.594. The normalized spacial score (nSPS) is 11.9. The highest BCUT2D eigenvalue weighted by Gasteiger charge is 2.01. The predicted octanol–water partition coefficient (Wildman–Crippen LogP) is 2.63. The van der Waals surface area contributed by atoms with E-state index in [2.05, 4.69) is 37.0 Å². The van der Waals surface area contributed by atoms with E-state index >= 15 is 0 Å². The van der Waals surface area contributed by atoms with Crippen molar-refractivity contribution < 1.29 is 0 Å². The van der Waals surface area contributed by atoms with Gasteiger partial charge in [0.25, 0.3) is 0 Å². The van der Waals surface area contributed by atoms with Crippen LogP contribution in [-0.2, 0) is 6.42 Å². The first-order valence-corrected chi connectivity index (χ1v) is 5.92. The van der Waals surface area contributed by atoms with Crippen LogP contribution in [0.25, 0.3) is 0 Å². The van der Waals surface area contributed by atoms with E-state index in [4.69, 9.17) is 11.1 Å². The van der Waals surface area contributed by atoms with E-state index in [1.165, 1.54) is 5.56 Å². The van der Waals surface area contributed by atoms with E-state index in [0.717, 1.165) is 17.7 Å². The maximum Gasteiger partial charge on any atom is 0.113 e. The molecule has 0 amide bonds. The summed E-state index contributed by atoms with van der Waals surface area (Å²) in [5, 5.41) is 7.16. The molecule has 3 heteroatoms. The molecule has 0 radical (unpaired) electrons. The van der Waals surface area contributed by atoms with Crippen molar-refractivity contribution in [1.82, 2.24) is 0 Å².